The Labute approximate surface area is 124 Å². The second-order valence-corrected chi connectivity index (χ2v) is 7.11. The molecule has 0 aromatic carbocycles. The maximum atomic E-state index is 5.54. The molecule has 3 heteroatoms. The first kappa shape index (κ1) is 14.8. The summed E-state index contributed by atoms with van der Waals surface area (Å²) in [6.07, 6.45) is 11.2. The van der Waals surface area contributed by atoms with Crippen molar-refractivity contribution in [3.8, 4) is 0 Å². The van der Waals surface area contributed by atoms with Crippen LogP contribution in [0.5, 0.6) is 0 Å². The van der Waals surface area contributed by atoms with Crippen LogP contribution in [0.3, 0.4) is 0 Å². The molecular formula is C17H32N2O. The van der Waals surface area contributed by atoms with Crippen LogP contribution in [0, 0.1) is 5.92 Å². The van der Waals surface area contributed by atoms with Crippen LogP contribution < -0.4 is 5.32 Å². The van der Waals surface area contributed by atoms with E-state index >= 15 is 0 Å². The van der Waals surface area contributed by atoms with Gasteiger partial charge in [0.05, 0.1) is 0 Å². The third kappa shape index (κ3) is 3.37. The van der Waals surface area contributed by atoms with E-state index in [1.165, 1.54) is 71.0 Å². The quantitative estimate of drug-likeness (QED) is 0.757. The summed E-state index contributed by atoms with van der Waals surface area (Å²) in [5, 5.41) is 3.90. The molecule has 0 aromatic rings. The summed E-state index contributed by atoms with van der Waals surface area (Å²) in [4.78, 5) is 2.85. The standard InChI is InChI=1S/C17H32N2O/c1-2-20-12-6-11-19-13-16(15-7-8-15)18-14-17(19)9-4-3-5-10-17/h15-16,18H,2-14H2,1H3. The van der Waals surface area contributed by atoms with Crippen LogP contribution in [0.1, 0.15) is 58.3 Å². The molecule has 1 saturated heterocycles. The monoisotopic (exact) mass is 280 g/mol. The first-order valence-electron chi connectivity index (χ1n) is 8.90. The summed E-state index contributed by atoms with van der Waals surface area (Å²) >= 11 is 0. The van der Waals surface area contributed by atoms with Gasteiger partial charge in [-0.3, -0.25) is 4.90 Å². The van der Waals surface area contributed by atoms with Gasteiger partial charge in [-0.2, -0.15) is 0 Å². The third-order valence-corrected chi connectivity index (χ3v) is 5.68. The van der Waals surface area contributed by atoms with Gasteiger partial charge < -0.3 is 10.1 Å². The van der Waals surface area contributed by atoms with Gasteiger partial charge in [-0.15, -0.1) is 0 Å². The highest BCUT2D eigenvalue weighted by Gasteiger charge is 2.45. The average Bonchev–Trinajstić information content (AvgIpc) is 3.31. The van der Waals surface area contributed by atoms with Crippen molar-refractivity contribution in [2.45, 2.75) is 69.9 Å². The molecule has 1 aliphatic heterocycles. The number of ether oxygens (including phenoxy) is 1. The lowest BCUT2D eigenvalue weighted by Gasteiger charge is -2.52. The fraction of sp³-hybridized carbons (Fsp3) is 1.00. The topological polar surface area (TPSA) is 24.5 Å². The van der Waals surface area contributed by atoms with E-state index in [4.69, 9.17) is 4.74 Å². The molecule has 0 aromatic heterocycles. The molecule has 1 spiro atoms. The van der Waals surface area contributed by atoms with Gasteiger partial charge in [0.25, 0.3) is 0 Å². The van der Waals surface area contributed by atoms with Gasteiger partial charge in [-0.05, 0) is 44.9 Å². The Bertz CT molecular complexity index is 297. The SMILES string of the molecule is CCOCCCN1CC(C2CC2)NCC12CCCCC2. The van der Waals surface area contributed by atoms with E-state index in [9.17, 15) is 0 Å². The molecule has 1 atom stereocenters. The van der Waals surface area contributed by atoms with Gasteiger partial charge in [0.15, 0.2) is 0 Å². The Morgan fingerprint density at radius 3 is 2.70 bits per heavy atom. The number of hydrogen-bond donors (Lipinski definition) is 1. The molecule has 3 aliphatic rings. The second kappa shape index (κ2) is 6.76. The van der Waals surface area contributed by atoms with Crippen molar-refractivity contribution in [3.63, 3.8) is 0 Å². The van der Waals surface area contributed by atoms with Crippen molar-refractivity contribution in [1.29, 1.82) is 0 Å². The lowest BCUT2D eigenvalue weighted by molar-refractivity contribution is -0.000187. The lowest BCUT2D eigenvalue weighted by Crippen LogP contribution is -2.65. The first-order chi connectivity index (χ1) is 9.84. The Morgan fingerprint density at radius 1 is 1.20 bits per heavy atom. The maximum absolute atomic E-state index is 5.54. The fourth-order valence-electron chi connectivity index (χ4n) is 4.28. The smallest absolute Gasteiger partial charge is 0.0478 e. The lowest BCUT2D eigenvalue weighted by atomic mass is 9.78. The number of rotatable bonds is 6. The highest BCUT2D eigenvalue weighted by Crippen LogP contribution is 2.40. The van der Waals surface area contributed by atoms with Crippen LogP contribution in [0.4, 0.5) is 0 Å². The van der Waals surface area contributed by atoms with Gasteiger partial charge >= 0.3 is 0 Å². The minimum Gasteiger partial charge on any atom is -0.382 e. The summed E-state index contributed by atoms with van der Waals surface area (Å²) in [5.41, 5.74) is 0.482. The van der Waals surface area contributed by atoms with Crippen LogP contribution in [0.15, 0.2) is 0 Å². The Morgan fingerprint density at radius 2 is 2.00 bits per heavy atom. The molecule has 116 valence electrons. The zero-order chi connectivity index (χ0) is 13.8. The fourth-order valence-corrected chi connectivity index (χ4v) is 4.28. The van der Waals surface area contributed by atoms with Crippen LogP contribution >= 0.6 is 0 Å². The predicted octanol–water partition coefficient (Wildman–Crippen LogP) is 2.80. The maximum Gasteiger partial charge on any atom is 0.0478 e. The summed E-state index contributed by atoms with van der Waals surface area (Å²) < 4.78 is 5.54. The van der Waals surface area contributed by atoms with Gasteiger partial charge in [0, 0.05) is 44.4 Å². The second-order valence-electron chi connectivity index (χ2n) is 7.11. The molecule has 0 radical (unpaired) electrons. The normalized spacial score (nSPS) is 30.8. The summed E-state index contributed by atoms with van der Waals surface area (Å²) in [6, 6.07) is 0.773. The minimum atomic E-state index is 0.482. The van der Waals surface area contributed by atoms with Crippen molar-refractivity contribution >= 4 is 0 Å². The molecule has 3 nitrogen and oxygen atoms in total. The van der Waals surface area contributed by atoms with E-state index < -0.39 is 0 Å². The molecule has 0 bridgehead atoms. The van der Waals surface area contributed by atoms with E-state index in [1.54, 1.807) is 0 Å². The zero-order valence-corrected chi connectivity index (χ0v) is 13.2. The van der Waals surface area contributed by atoms with E-state index in [1.807, 2.05) is 0 Å². The Balaban J connectivity index is 1.58. The molecule has 0 amide bonds. The van der Waals surface area contributed by atoms with Crippen molar-refractivity contribution in [2.24, 2.45) is 5.92 Å². The molecule has 1 unspecified atom stereocenters. The number of piperazine rings is 1. The van der Waals surface area contributed by atoms with Gasteiger partial charge in [-0.1, -0.05) is 19.3 Å². The van der Waals surface area contributed by atoms with Crippen LogP contribution in [-0.2, 0) is 4.74 Å². The molecule has 1 heterocycles. The highest BCUT2D eigenvalue weighted by molar-refractivity contribution is 5.03. The molecule has 2 aliphatic carbocycles. The number of nitrogens with one attached hydrogen (secondary N) is 1. The molecule has 20 heavy (non-hydrogen) atoms. The van der Waals surface area contributed by atoms with Gasteiger partial charge in [0.2, 0.25) is 0 Å². The summed E-state index contributed by atoms with van der Waals surface area (Å²) in [6.45, 7) is 7.66. The van der Waals surface area contributed by atoms with Crippen molar-refractivity contribution in [2.75, 3.05) is 32.8 Å². The van der Waals surface area contributed by atoms with E-state index in [0.717, 1.165) is 25.2 Å². The van der Waals surface area contributed by atoms with Crippen molar-refractivity contribution in [1.82, 2.24) is 10.2 Å². The number of hydrogen-bond acceptors (Lipinski definition) is 3. The molecule has 3 rings (SSSR count). The molecular weight excluding hydrogens is 248 g/mol. The van der Waals surface area contributed by atoms with Gasteiger partial charge in [-0.25, -0.2) is 0 Å². The van der Waals surface area contributed by atoms with Crippen LogP contribution in [0.25, 0.3) is 0 Å². The average molecular weight is 280 g/mol. The zero-order valence-electron chi connectivity index (χ0n) is 13.2. The molecule has 1 N–H and O–H groups in total. The largest absolute Gasteiger partial charge is 0.382 e. The predicted molar refractivity (Wildman–Crippen MR) is 83.0 cm³/mol. The minimum absolute atomic E-state index is 0.482. The molecule has 3 fully saturated rings. The number of nitrogens with zero attached hydrogens (tertiary/aromatic N) is 1. The van der Waals surface area contributed by atoms with Crippen LogP contribution in [-0.4, -0.2) is 49.3 Å². The van der Waals surface area contributed by atoms with E-state index in [0.29, 0.717) is 5.54 Å². The Hall–Kier alpha value is -0.120. The van der Waals surface area contributed by atoms with Gasteiger partial charge in [0.1, 0.15) is 0 Å². The highest BCUT2D eigenvalue weighted by atomic mass is 16.5. The van der Waals surface area contributed by atoms with Crippen molar-refractivity contribution in [3.05, 3.63) is 0 Å². The third-order valence-electron chi connectivity index (χ3n) is 5.68. The van der Waals surface area contributed by atoms with E-state index in [2.05, 4.69) is 17.1 Å². The van der Waals surface area contributed by atoms with E-state index in [-0.39, 0.29) is 0 Å². The molecule has 2 saturated carbocycles. The van der Waals surface area contributed by atoms with Crippen LogP contribution in [0.2, 0.25) is 0 Å². The first-order valence-corrected chi connectivity index (χ1v) is 8.90. The Kier molecular flexibility index (Phi) is 5.00. The summed E-state index contributed by atoms with van der Waals surface area (Å²) in [7, 11) is 0. The van der Waals surface area contributed by atoms with Crippen molar-refractivity contribution < 1.29 is 4.74 Å². The summed E-state index contributed by atoms with van der Waals surface area (Å²) in [5.74, 6) is 0.977.